The van der Waals surface area contributed by atoms with E-state index >= 15 is 0 Å². The van der Waals surface area contributed by atoms with Crippen LogP contribution in [0, 0.1) is 0 Å². The van der Waals surface area contributed by atoms with Crippen LogP contribution in [0.15, 0.2) is 4.40 Å². The Balaban J connectivity index is 3.75. The first-order valence-corrected chi connectivity index (χ1v) is 2.74. The lowest BCUT2D eigenvalue weighted by molar-refractivity contribution is 0.234. The van der Waals surface area contributed by atoms with E-state index < -0.39 is 11.3 Å². The van der Waals surface area contributed by atoms with Crippen molar-refractivity contribution < 1.29 is 14.0 Å². The van der Waals surface area contributed by atoms with Crippen LogP contribution < -0.4 is 5.48 Å². The fourth-order valence-electron chi connectivity index (χ4n) is 0.132. The zero-order chi connectivity index (χ0) is 6.57. The van der Waals surface area contributed by atoms with Gasteiger partial charge >= 0.3 is 0 Å². The minimum absolute atomic E-state index is 0.0571. The molecule has 0 aliphatic carbocycles. The van der Waals surface area contributed by atoms with Gasteiger partial charge in [0.25, 0.3) is 0 Å². The number of hydrogen-bond acceptors (Lipinski definition) is 3. The normalized spacial score (nSPS) is 15.6. The maximum absolute atomic E-state index is 9.63. The van der Waals surface area contributed by atoms with E-state index in [9.17, 15) is 8.76 Å². The van der Waals surface area contributed by atoms with E-state index in [1.165, 1.54) is 6.92 Å². The van der Waals surface area contributed by atoms with Gasteiger partial charge in [-0.05, 0) is 6.92 Å². The van der Waals surface area contributed by atoms with Gasteiger partial charge in [0, 0.05) is 0 Å². The summed E-state index contributed by atoms with van der Waals surface area (Å²) in [6.45, 7) is 1.32. The summed E-state index contributed by atoms with van der Waals surface area (Å²) < 4.78 is 22.1. The fraction of sp³-hybridized carbons (Fsp3) is 0.500. The highest BCUT2D eigenvalue weighted by atomic mass is 32.2. The lowest BCUT2D eigenvalue weighted by Gasteiger charge is -1.97. The molecule has 0 amide bonds. The molecule has 0 bridgehead atoms. The average molecular weight is 137 g/mol. The second-order valence-corrected chi connectivity index (χ2v) is 1.62. The number of rotatable bonds is 1. The maximum Gasteiger partial charge on any atom is 0.132 e. The van der Waals surface area contributed by atoms with Crippen molar-refractivity contribution in [3.63, 3.8) is 0 Å². The third-order valence-electron chi connectivity index (χ3n) is 0.373. The molecule has 0 radical (unpaired) electrons. The Kier molecular flexibility index (Phi) is 3.33. The van der Waals surface area contributed by atoms with Gasteiger partial charge < -0.3 is 4.55 Å². The Labute approximate surface area is 48.8 Å². The first kappa shape index (κ1) is 7.54. The highest BCUT2D eigenvalue weighted by Gasteiger charge is 1.80. The third-order valence-corrected chi connectivity index (χ3v) is 0.796. The molecular weight excluding hydrogens is 132 g/mol. The molecule has 0 fully saturated rings. The number of nitrogens with zero attached hydrogens (tertiary/aromatic N) is 1. The second kappa shape index (κ2) is 3.53. The summed E-state index contributed by atoms with van der Waals surface area (Å²) in [5.41, 5.74) is 1.55. The molecule has 1 atom stereocenters. The number of amidine groups is 1. The summed E-state index contributed by atoms with van der Waals surface area (Å²) in [5, 5.41) is 7.93. The molecule has 1 unspecified atom stereocenters. The van der Waals surface area contributed by atoms with Crippen molar-refractivity contribution >= 4 is 17.1 Å². The van der Waals surface area contributed by atoms with Crippen molar-refractivity contribution in [2.75, 3.05) is 0 Å². The minimum atomic E-state index is -2.48. The van der Waals surface area contributed by atoms with Crippen LogP contribution in [0.3, 0.4) is 0 Å². The smallest absolute Gasteiger partial charge is 0.132 e. The first-order valence-electron chi connectivity index (χ1n) is 1.71. The van der Waals surface area contributed by atoms with Gasteiger partial charge in [-0.2, -0.15) is 4.40 Å². The van der Waals surface area contributed by atoms with Gasteiger partial charge in [-0.15, -0.1) is 0 Å². The Morgan fingerprint density at radius 1 is 2.00 bits per heavy atom. The van der Waals surface area contributed by atoms with Gasteiger partial charge in [-0.3, -0.25) is 14.9 Å². The maximum atomic E-state index is 9.63. The van der Waals surface area contributed by atoms with Crippen LogP contribution in [0.4, 0.5) is 0 Å². The van der Waals surface area contributed by atoms with Crippen LogP contribution in [0.1, 0.15) is 6.92 Å². The summed E-state index contributed by atoms with van der Waals surface area (Å²) in [7, 11) is 0. The minimum Gasteiger partial charge on any atom is -0.754 e. The van der Waals surface area contributed by atoms with E-state index in [1.807, 2.05) is 0 Å². The molecule has 0 spiro atoms. The van der Waals surface area contributed by atoms with Crippen molar-refractivity contribution in [1.29, 1.82) is 0 Å². The van der Waals surface area contributed by atoms with Gasteiger partial charge in [0.15, 0.2) is 0 Å². The monoisotopic (exact) mass is 137 g/mol. The largest absolute Gasteiger partial charge is 0.754 e. The standard InChI is InChI=1S/C2H6N2O3S/c1-2(3-5)4-8(6)7/h5H,1H3,(H,3,4)(H,6,7)/p-1. The molecule has 0 rings (SSSR count). The Morgan fingerprint density at radius 3 is 2.62 bits per heavy atom. The summed E-state index contributed by atoms with van der Waals surface area (Å²) in [5.74, 6) is -0.0571. The van der Waals surface area contributed by atoms with Crippen molar-refractivity contribution in [1.82, 2.24) is 5.48 Å². The molecule has 0 aromatic heterocycles. The number of hydrogen-bond donors (Lipinski definition) is 2. The van der Waals surface area contributed by atoms with E-state index in [2.05, 4.69) is 4.40 Å². The van der Waals surface area contributed by atoms with Gasteiger partial charge in [-0.1, -0.05) is 0 Å². The molecule has 2 N–H and O–H groups in total. The van der Waals surface area contributed by atoms with Crippen LogP contribution in [0.25, 0.3) is 0 Å². The van der Waals surface area contributed by atoms with E-state index in [1.54, 1.807) is 5.48 Å². The van der Waals surface area contributed by atoms with Crippen molar-refractivity contribution in [2.45, 2.75) is 6.92 Å². The average Bonchev–Trinajstić information content (AvgIpc) is 1.65. The van der Waals surface area contributed by atoms with Crippen LogP contribution in [-0.4, -0.2) is 19.8 Å². The van der Waals surface area contributed by atoms with Crippen LogP contribution in [-0.2, 0) is 11.3 Å². The van der Waals surface area contributed by atoms with Gasteiger partial charge in [0.2, 0.25) is 0 Å². The highest BCUT2D eigenvalue weighted by Crippen LogP contribution is 1.74. The van der Waals surface area contributed by atoms with Crippen LogP contribution in [0.5, 0.6) is 0 Å². The predicted octanol–water partition coefficient (Wildman–Crippen LogP) is -0.822. The molecule has 5 nitrogen and oxygen atoms in total. The Hall–Kier alpha value is -0.460. The van der Waals surface area contributed by atoms with Crippen LogP contribution >= 0.6 is 0 Å². The van der Waals surface area contributed by atoms with Gasteiger partial charge in [0.05, 0.1) is 11.3 Å². The van der Waals surface area contributed by atoms with E-state index in [-0.39, 0.29) is 5.84 Å². The van der Waals surface area contributed by atoms with E-state index in [4.69, 9.17) is 5.21 Å². The van der Waals surface area contributed by atoms with Crippen molar-refractivity contribution in [3.05, 3.63) is 0 Å². The molecule has 6 heteroatoms. The molecule has 0 aromatic carbocycles. The molecule has 0 saturated heterocycles. The Bertz CT molecular complexity index is 122. The highest BCUT2D eigenvalue weighted by molar-refractivity contribution is 7.77. The van der Waals surface area contributed by atoms with Crippen LogP contribution in [0.2, 0.25) is 0 Å². The van der Waals surface area contributed by atoms with Crippen molar-refractivity contribution in [3.8, 4) is 0 Å². The Morgan fingerprint density at radius 2 is 2.50 bits per heavy atom. The molecule has 48 valence electrons. The summed E-state index contributed by atoms with van der Waals surface area (Å²) in [6, 6.07) is 0. The van der Waals surface area contributed by atoms with Gasteiger partial charge in [0.1, 0.15) is 5.84 Å². The molecule has 0 heterocycles. The van der Waals surface area contributed by atoms with E-state index in [0.717, 1.165) is 0 Å². The molecule has 0 aromatic rings. The lowest BCUT2D eigenvalue weighted by atomic mass is 10.7. The molecular formula is C2H5N2O3S-. The molecule has 0 aliphatic heterocycles. The fourth-order valence-corrected chi connectivity index (χ4v) is 0.397. The molecule has 8 heavy (non-hydrogen) atoms. The quantitative estimate of drug-likeness (QED) is 0.214. The molecule has 0 saturated carbocycles. The zero-order valence-corrected chi connectivity index (χ0v) is 4.94. The summed E-state index contributed by atoms with van der Waals surface area (Å²) in [4.78, 5) is 0. The SMILES string of the molecule is CC(=NS(=O)[O-])NO. The summed E-state index contributed by atoms with van der Waals surface area (Å²) in [6.07, 6.45) is 0. The topological polar surface area (TPSA) is 84.8 Å². The number of hydroxylamine groups is 1. The third kappa shape index (κ3) is 3.72. The predicted molar refractivity (Wildman–Crippen MR) is 27.0 cm³/mol. The first-order chi connectivity index (χ1) is 3.66. The van der Waals surface area contributed by atoms with Gasteiger partial charge in [-0.25, -0.2) is 0 Å². The molecule has 0 aliphatic rings. The second-order valence-electron chi connectivity index (χ2n) is 1.01. The zero-order valence-electron chi connectivity index (χ0n) is 4.12. The van der Waals surface area contributed by atoms with E-state index in [0.29, 0.717) is 0 Å². The van der Waals surface area contributed by atoms with Crippen molar-refractivity contribution in [2.24, 2.45) is 4.40 Å². The number of nitrogens with one attached hydrogen (secondary N) is 1. The lowest BCUT2D eigenvalue weighted by Crippen LogP contribution is -2.15. The summed E-state index contributed by atoms with van der Waals surface area (Å²) >= 11 is -2.48.